The molecule has 1 aliphatic rings. The molecule has 1 saturated heterocycles. The number of nitrogens with one attached hydrogen (secondary N) is 1. The smallest absolute Gasteiger partial charge is 0.235 e. The lowest BCUT2D eigenvalue weighted by Gasteiger charge is -2.38. The van der Waals surface area contributed by atoms with Crippen molar-refractivity contribution in [2.75, 3.05) is 38.8 Å². The highest BCUT2D eigenvalue weighted by Gasteiger charge is 2.41. The number of nitrogens with zero attached hydrogens (tertiary/aromatic N) is 1. The summed E-state index contributed by atoms with van der Waals surface area (Å²) in [7, 11) is 3.54. The first-order chi connectivity index (χ1) is 9.60. The predicted molar refractivity (Wildman–Crippen MR) is 81.0 cm³/mol. The van der Waals surface area contributed by atoms with Crippen molar-refractivity contribution in [1.29, 1.82) is 0 Å². The molecular formula is C16H24N2O2. The zero-order valence-corrected chi connectivity index (χ0v) is 12.6. The molecule has 0 unspecified atom stereocenters. The quantitative estimate of drug-likeness (QED) is 0.914. The molecular weight excluding hydrogens is 252 g/mol. The summed E-state index contributed by atoms with van der Waals surface area (Å²) < 4.78 is 5.35. The third-order valence-corrected chi connectivity index (χ3v) is 4.22. The van der Waals surface area contributed by atoms with Crippen molar-refractivity contribution in [3.8, 4) is 0 Å². The Bertz CT molecular complexity index is 462. The van der Waals surface area contributed by atoms with Gasteiger partial charge in [-0.3, -0.25) is 4.79 Å². The number of hydrogen-bond acceptors (Lipinski definition) is 3. The number of piperidine rings is 1. The molecule has 1 fully saturated rings. The number of rotatable bonds is 4. The van der Waals surface area contributed by atoms with Crippen LogP contribution in [0, 0.1) is 12.3 Å². The summed E-state index contributed by atoms with van der Waals surface area (Å²) in [6.07, 6.45) is 1.66. The van der Waals surface area contributed by atoms with E-state index < -0.39 is 5.41 Å². The van der Waals surface area contributed by atoms with Gasteiger partial charge in [0.1, 0.15) is 0 Å². The maximum absolute atomic E-state index is 13.0. The van der Waals surface area contributed by atoms with Gasteiger partial charge in [0.25, 0.3) is 0 Å². The van der Waals surface area contributed by atoms with Crippen LogP contribution in [0.25, 0.3) is 0 Å². The molecule has 0 spiro atoms. The average Bonchev–Trinajstić information content (AvgIpc) is 2.47. The Morgan fingerprint density at radius 1 is 1.35 bits per heavy atom. The molecule has 1 N–H and O–H groups in total. The van der Waals surface area contributed by atoms with Crippen LogP contribution in [0.5, 0.6) is 0 Å². The Balaban J connectivity index is 2.25. The summed E-state index contributed by atoms with van der Waals surface area (Å²) in [5.74, 6) is 0.162. The molecule has 0 bridgehead atoms. The fourth-order valence-corrected chi connectivity index (χ4v) is 3.01. The highest BCUT2D eigenvalue weighted by molar-refractivity contribution is 5.98. The lowest BCUT2D eigenvalue weighted by atomic mass is 9.78. The molecule has 0 aliphatic carbocycles. The molecule has 0 atom stereocenters. The zero-order chi connectivity index (χ0) is 14.6. The van der Waals surface area contributed by atoms with Gasteiger partial charge >= 0.3 is 0 Å². The Morgan fingerprint density at radius 2 is 2.00 bits per heavy atom. The van der Waals surface area contributed by atoms with Crippen molar-refractivity contribution in [1.82, 2.24) is 5.32 Å². The number of methoxy groups -OCH3 is 1. The van der Waals surface area contributed by atoms with Gasteiger partial charge in [-0.1, -0.05) is 18.2 Å². The number of para-hydroxylation sites is 1. The summed E-state index contributed by atoms with van der Waals surface area (Å²) >= 11 is 0. The molecule has 1 aromatic rings. The summed E-state index contributed by atoms with van der Waals surface area (Å²) in [4.78, 5) is 14.8. The maximum Gasteiger partial charge on any atom is 0.235 e. The van der Waals surface area contributed by atoms with E-state index in [4.69, 9.17) is 4.74 Å². The SMILES string of the molecule is COCC1(C(=O)N(C)c2ccccc2C)CCNCC1. The van der Waals surface area contributed by atoms with Gasteiger partial charge in [0.05, 0.1) is 12.0 Å². The first kappa shape index (κ1) is 15.0. The van der Waals surface area contributed by atoms with E-state index >= 15 is 0 Å². The van der Waals surface area contributed by atoms with Crippen LogP contribution < -0.4 is 10.2 Å². The van der Waals surface area contributed by atoms with Crippen LogP contribution >= 0.6 is 0 Å². The Labute approximate surface area is 121 Å². The van der Waals surface area contributed by atoms with Gasteiger partial charge in [0, 0.05) is 19.8 Å². The number of amides is 1. The standard InChI is InChI=1S/C16H24N2O2/c1-13-6-4-5-7-14(13)18(2)15(19)16(12-20-3)8-10-17-11-9-16/h4-7,17H,8-12H2,1-3H3. The second-order valence-electron chi connectivity index (χ2n) is 5.61. The maximum atomic E-state index is 13.0. The van der Waals surface area contributed by atoms with Crippen molar-refractivity contribution < 1.29 is 9.53 Å². The van der Waals surface area contributed by atoms with Gasteiger partial charge in [-0.25, -0.2) is 0 Å². The second kappa shape index (κ2) is 6.37. The van der Waals surface area contributed by atoms with E-state index in [0.717, 1.165) is 37.2 Å². The van der Waals surface area contributed by atoms with Crippen LogP contribution in [-0.2, 0) is 9.53 Å². The number of hydrogen-bond donors (Lipinski definition) is 1. The lowest BCUT2D eigenvalue weighted by Crippen LogP contribution is -2.50. The number of anilines is 1. The number of benzene rings is 1. The fourth-order valence-electron chi connectivity index (χ4n) is 3.01. The minimum Gasteiger partial charge on any atom is -0.384 e. The lowest BCUT2D eigenvalue weighted by molar-refractivity contribution is -0.133. The first-order valence-electron chi connectivity index (χ1n) is 7.14. The van der Waals surface area contributed by atoms with E-state index in [-0.39, 0.29) is 5.91 Å². The van der Waals surface area contributed by atoms with Crippen LogP contribution in [0.15, 0.2) is 24.3 Å². The summed E-state index contributed by atoms with van der Waals surface area (Å²) in [5.41, 5.74) is 1.70. The van der Waals surface area contributed by atoms with Gasteiger partial charge in [0.2, 0.25) is 5.91 Å². The Morgan fingerprint density at radius 3 is 2.60 bits per heavy atom. The van der Waals surface area contributed by atoms with E-state index in [2.05, 4.69) is 5.32 Å². The molecule has 1 aliphatic heterocycles. The zero-order valence-electron chi connectivity index (χ0n) is 12.6. The minimum atomic E-state index is -0.392. The van der Waals surface area contributed by atoms with Crippen molar-refractivity contribution in [3.63, 3.8) is 0 Å². The molecule has 0 aromatic heterocycles. The van der Waals surface area contributed by atoms with E-state index in [1.54, 1.807) is 12.0 Å². The van der Waals surface area contributed by atoms with E-state index in [0.29, 0.717) is 6.61 Å². The van der Waals surface area contributed by atoms with E-state index in [9.17, 15) is 4.79 Å². The molecule has 20 heavy (non-hydrogen) atoms. The molecule has 0 saturated carbocycles. The normalized spacial score (nSPS) is 17.8. The molecule has 1 heterocycles. The predicted octanol–water partition coefficient (Wildman–Crippen LogP) is 1.97. The molecule has 4 heteroatoms. The number of ether oxygens (including phenoxy) is 1. The third-order valence-electron chi connectivity index (χ3n) is 4.22. The molecule has 1 amide bonds. The summed E-state index contributed by atoms with van der Waals surface area (Å²) in [6.45, 7) is 4.27. The molecule has 110 valence electrons. The van der Waals surface area contributed by atoms with Gasteiger partial charge in [0.15, 0.2) is 0 Å². The first-order valence-corrected chi connectivity index (χ1v) is 7.14. The van der Waals surface area contributed by atoms with E-state index in [1.807, 2.05) is 38.2 Å². The molecule has 2 rings (SSSR count). The molecule has 1 aromatic carbocycles. The van der Waals surface area contributed by atoms with Crippen LogP contribution in [0.2, 0.25) is 0 Å². The number of carbonyl (C=O) groups excluding carboxylic acids is 1. The summed E-state index contributed by atoms with van der Waals surface area (Å²) in [5, 5.41) is 3.32. The second-order valence-corrected chi connectivity index (χ2v) is 5.61. The third kappa shape index (κ3) is 2.86. The highest BCUT2D eigenvalue weighted by atomic mass is 16.5. The van der Waals surface area contributed by atoms with Crippen molar-refractivity contribution in [2.45, 2.75) is 19.8 Å². The van der Waals surface area contributed by atoms with Crippen molar-refractivity contribution >= 4 is 11.6 Å². The fraction of sp³-hybridized carbons (Fsp3) is 0.562. The average molecular weight is 276 g/mol. The summed E-state index contributed by atoms with van der Waals surface area (Å²) in [6, 6.07) is 7.99. The van der Waals surface area contributed by atoms with Crippen LogP contribution in [0.4, 0.5) is 5.69 Å². The highest BCUT2D eigenvalue weighted by Crippen LogP contribution is 2.33. The minimum absolute atomic E-state index is 0.162. The van der Waals surface area contributed by atoms with Crippen LogP contribution in [0.3, 0.4) is 0 Å². The monoisotopic (exact) mass is 276 g/mol. The number of carbonyl (C=O) groups is 1. The Kier molecular flexibility index (Phi) is 4.78. The van der Waals surface area contributed by atoms with Gasteiger partial charge in [-0.15, -0.1) is 0 Å². The van der Waals surface area contributed by atoms with Crippen LogP contribution in [0.1, 0.15) is 18.4 Å². The van der Waals surface area contributed by atoms with Crippen molar-refractivity contribution in [3.05, 3.63) is 29.8 Å². The molecule has 4 nitrogen and oxygen atoms in total. The molecule has 0 radical (unpaired) electrons. The number of aryl methyl sites for hydroxylation is 1. The van der Waals surface area contributed by atoms with Gasteiger partial charge in [-0.05, 0) is 44.5 Å². The van der Waals surface area contributed by atoms with Gasteiger partial charge < -0.3 is 15.0 Å². The largest absolute Gasteiger partial charge is 0.384 e. The topological polar surface area (TPSA) is 41.6 Å². The van der Waals surface area contributed by atoms with Crippen LogP contribution in [-0.4, -0.2) is 39.8 Å². The van der Waals surface area contributed by atoms with E-state index in [1.165, 1.54) is 0 Å². The Hall–Kier alpha value is -1.39. The van der Waals surface area contributed by atoms with Crippen molar-refractivity contribution in [2.24, 2.45) is 5.41 Å². The van der Waals surface area contributed by atoms with Gasteiger partial charge in [-0.2, -0.15) is 0 Å².